The number of amides is 2. The molecule has 0 radical (unpaired) electrons. The second-order valence-electron chi connectivity index (χ2n) is 5.29. The minimum atomic E-state index is -0.284. The average Bonchev–Trinajstić information content (AvgIpc) is 2.57. The zero-order valence-corrected chi connectivity index (χ0v) is 13.2. The summed E-state index contributed by atoms with van der Waals surface area (Å²) in [7, 11) is 0. The summed E-state index contributed by atoms with van der Waals surface area (Å²) in [6.07, 6.45) is 0.689. The van der Waals surface area contributed by atoms with Gasteiger partial charge in [0.25, 0.3) is 0 Å². The van der Waals surface area contributed by atoms with Gasteiger partial charge in [0.15, 0.2) is 0 Å². The minimum absolute atomic E-state index is 0.167. The summed E-state index contributed by atoms with van der Waals surface area (Å²) >= 11 is 0. The number of nitrogens with one attached hydrogen (secondary N) is 2. The third kappa shape index (κ3) is 7.30. The lowest BCUT2D eigenvalue weighted by Crippen LogP contribution is -2.43. The molecule has 6 nitrogen and oxygen atoms in total. The van der Waals surface area contributed by atoms with Crippen LogP contribution >= 0.6 is 0 Å². The summed E-state index contributed by atoms with van der Waals surface area (Å²) in [6, 6.07) is 5.72. The highest BCUT2D eigenvalue weighted by Crippen LogP contribution is 2.10. The van der Waals surface area contributed by atoms with E-state index >= 15 is 0 Å². The van der Waals surface area contributed by atoms with Gasteiger partial charge >= 0.3 is 6.03 Å². The molecule has 2 N–H and O–H groups in total. The number of ether oxygens (including phenoxy) is 2. The van der Waals surface area contributed by atoms with Crippen LogP contribution in [0, 0.1) is 5.82 Å². The van der Waals surface area contributed by atoms with Crippen molar-refractivity contribution in [2.24, 2.45) is 0 Å². The van der Waals surface area contributed by atoms with Gasteiger partial charge in [0, 0.05) is 32.7 Å². The van der Waals surface area contributed by atoms with Gasteiger partial charge in [-0.05, 0) is 30.7 Å². The maximum atomic E-state index is 12.7. The van der Waals surface area contributed by atoms with Crippen molar-refractivity contribution in [2.45, 2.75) is 6.42 Å². The first-order chi connectivity index (χ1) is 11.2. The molecule has 0 aromatic heterocycles. The van der Waals surface area contributed by atoms with Crippen LogP contribution in [0.4, 0.5) is 9.18 Å². The number of nitrogens with zero attached hydrogens (tertiary/aromatic N) is 1. The van der Waals surface area contributed by atoms with Crippen LogP contribution in [0.3, 0.4) is 0 Å². The van der Waals surface area contributed by atoms with Crippen LogP contribution in [0.25, 0.3) is 0 Å². The van der Waals surface area contributed by atoms with E-state index in [4.69, 9.17) is 9.47 Å². The molecule has 0 aliphatic carbocycles. The Bertz CT molecular complexity index is 464. The summed E-state index contributed by atoms with van der Waals surface area (Å²) in [4.78, 5) is 13.9. The quantitative estimate of drug-likeness (QED) is 0.706. The van der Waals surface area contributed by atoms with Crippen molar-refractivity contribution < 1.29 is 18.7 Å². The average molecular weight is 325 g/mol. The van der Waals surface area contributed by atoms with E-state index < -0.39 is 0 Å². The Morgan fingerprint density at radius 2 is 1.87 bits per heavy atom. The van der Waals surface area contributed by atoms with Crippen LogP contribution in [0.1, 0.15) is 6.42 Å². The Labute approximate surface area is 135 Å². The number of hydrogen-bond donors (Lipinski definition) is 2. The fourth-order valence-electron chi connectivity index (χ4n) is 2.21. The van der Waals surface area contributed by atoms with E-state index in [0.717, 1.165) is 32.8 Å². The molecule has 7 heteroatoms. The van der Waals surface area contributed by atoms with E-state index in [2.05, 4.69) is 15.5 Å². The Morgan fingerprint density at radius 1 is 1.17 bits per heavy atom. The van der Waals surface area contributed by atoms with Crippen LogP contribution in [-0.2, 0) is 4.74 Å². The van der Waals surface area contributed by atoms with Crippen molar-refractivity contribution in [3.8, 4) is 5.75 Å². The van der Waals surface area contributed by atoms with E-state index in [1.54, 1.807) is 12.1 Å². The van der Waals surface area contributed by atoms with Gasteiger partial charge in [-0.1, -0.05) is 0 Å². The van der Waals surface area contributed by atoms with Crippen molar-refractivity contribution >= 4 is 6.03 Å². The summed E-state index contributed by atoms with van der Waals surface area (Å²) < 4.78 is 23.4. The third-order valence-corrected chi connectivity index (χ3v) is 3.51. The molecule has 0 saturated carbocycles. The molecule has 128 valence electrons. The fraction of sp³-hybridized carbons (Fsp3) is 0.562. The number of carbonyl (C=O) groups is 1. The van der Waals surface area contributed by atoms with Gasteiger partial charge in [-0.3, -0.25) is 4.90 Å². The molecule has 0 atom stereocenters. The fourth-order valence-corrected chi connectivity index (χ4v) is 2.21. The van der Waals surface area contributed by atoms with Crippen LogP contribution in [-0.4, -0.2) is 63.5 Å². The molecule has 1 aliphatic rings. The van der Waals surface area contributed by atoms with Gasteiger partial charge in [-0.25, -0.2) is 9.18 Å². The number of urea groups is 1. The molecule has 0 spiro atoms. The van der Waals surface area contributed by atoms with Gasteiger partial charge in [0.2, 0.25) is 0 Å². The lowest BCUT2D eigenvalue weighted by Gasteiger charge is -2.26. The molecule has 1 heterocycles. The Kier molecular flexibility index (Phi) is 7.62. The number of morpholine rings is 1. The molecule has 23 heavy (non-hydrogen) atoms. The Hall–Kier alpha value is -1.86. The van der Waals surface area contributed by atoms with Gasteiger partial charge in [0.1, 0.15) is 11.6 Å². The van der Waals surface area contributed by atoms with Crippen LogP contribution < -0.4 is 15.4 Å². The van der Waals surface area contributed by atoms with E-state index in [-0.39, 0.29) is 11.8 Å². The van der Waals surface area contributed by atoms with Crippen molar-refractivity contribution in [3.05, 3.63) is 30.1 Å². The molecule has 1 aliphatic heterocycles. The van der Waals surface area contributed by atoms with E-state index in [1.807, 2.05) is 0 Å². The number of hydrogen-bond acceptors (Lipinski definition) is 4. The summed E-state index contributed by atoms with van der Waals surface area (Å²) in [5, 5.41) is 5.61. The van der Waals surface area contributed by atoms with Crippen LogP contribution in [0.2, 0.25) is 0 Å². The normalized spacial score (nSPS) is 15.2. The highest BCUT2D eigenvalue weighted by atomic mass is 19.1. The molecule has 2 rings (SSSR count). The maximum Gasteiger partial charge on any atom is 0.314 e. The Balaban J connectivity index is 1.45. The number of rotatable bonds is 8. The maximum absolute atomic E-state index is 12.7. The third-order valence-electron chi connectivity index (χ3n) is 3.51. The molecule has 2 amide bonds. The summed E-state index contributed by atoms with van der Waals surface area (Å²) in [6.45, 7) is 5.83. The van der Waals surface area contributed by atoms with Crippen molar-refractivity contribution in [2.75, 3.05) is 52.5 Å². The van der Waals surface area contributed by atoms with Crippen LogP contribution in [0.15, 0.2) is 24.3 Å². The molecule has 0 bridgehead atoms. The monoisotopic (exact) mass is 325 g/mol. The zero-order valence-electron chi connectivity index (χ0n) is 13.2. The highest BCUT2D eigenvalue weighted by molar-refractivity contribution is 5.73. The summed E-state index contributed by atoms with van der Waals surface area (Å²) in [5.74, 6) is 0.342. The second kappa shape index (κ2) is 10.0. The predicted octanol–water partition coefficient (Wildman–Crippen LogP) is 1.23. The topological polar surface area (TPSA) is 62.8 Å². The first kappa shape index (κ1) is 17.5. The van der Waals surface area contributed by atoms with Crippen LogP contribution in [0.5, 0.6) is 5.75 Å². The smallest absolute Gasteiger partial charge is 0.314 e. The molecule has 1 aromatic carbocycles. The summed E-state index contributed by atoms with van der Waals surface area (Å²) in [5.41, 5.74) is 0. The molecule has 1 fully saturated rings. The predicted molar refractivity (Wildman–Crippen MR) is 85.2 cm³/mol. The van der Waals surface area contributed by atoms with Gasteiger partial charge in [0.05, 0.1) is 19.8 Å². The second-order valence-corrected chi connectivity index (χ2v) is 5.29. The van der Waals surface area contributed by atoms with E-state index in [0.29, 0.717) is 31.9 Å². The molecule has 1 saturated heterocycles. The first-order valence-corrected chi connectivity index (χ1v) is 7.94. The van der Waals surface area contributed by atoms with Crippen molar-refractivity contribution in [3.63, 3.8) is 0 Å². The standard InChI is InChI=1S/C16H24FN3O3/c17-14-2-4-15(5-3-14)23-11-1-6-18-16(21)19-7-8-20-9-12-22-13-10-20/h2-5H,1,6-13H2,(H2,18,19,21). The molecule has 0 unspecified atom stereocenters. The largest absolute Gasteiger partial charge is 0.494 e. The Morgan fingerprint density at radius 3 is 2.61 bits per heavy atom. The van der Waals surface area contributed by atoms with E-state index in [1.165, 1.54) is 12.1 Å². The SMILES string of the molecule is O=C(NCCCOc1ccc(F)cc1)NCCN1CCOCC1. The first-order valence-electron chi connectivity index (χ1n) is 7.94. The van der Waals surface area contributed by atoms with Gasteiger partial charge in [-0.2, -0.15) is 0 Å². The lowest BCUT2D eigenvalue weighted by molar-refractivity contribution is 0.0387. The molecular formula is C16H24FN3O3. The molecular weight excluding hydrogens is 301 g/mol. The van der Waals surface area contributed by atoms with E-state index in [9.17, 15) is 9.18 Å². The number of benzene rings is 1. The lowest BCUT2D eigenvalue weighted by atomic mass is 10.3. The highest BCUT2D eigenvalue weighted by Gasteiger charge is 2.09. The van der Waals surface area contributed by atoms with Crippen molar-refractivity contribution in [1.29, 1.82) is 0 Å². The minimum Gasteiger partial charge on any atom is -0.494 e. The van der Waals surface area contributed by atoms with Crippen molar-refractivity contribution in [1.82, 2.24) is 15.5 Å². The zero-order chi connectivity index (χ0) is 16.3. The van der Waals surface area contributed by atoms with Gasteiger partial charge < -0.3 is 20.1 Å². The molecule has 1 aromatic rings. The number of carbonyl (C=O) groups excluding carboxylic acids is 1. The van der Waals surface area contributed by atoms with Gasteiger partial charge in [-0.15, -0.1) is 0 Å². The number of halogens is 1.